The summed E-state index contributed by atoms with van der Waals surface area (Å²) in [6.07, 6.45) is 0. The zero-order valence-electron chi connectivity index (χ0n) is 33.2. The summed E-state index contributed by atoms with van der Waals surface area (Å²) in [4.78, 5) is 4.54. The summed E-state index contributed by atoms with van der Waals surface area (Å²) in [6, 6.07) is 71.4. The molecule has 0 fully saturated rings. The summed E-state index contributed by atoms with van der Waals surface area (Å²) in [5, 5.41) is 23.1. The van der Waals surface area contributed by atoms with Gasteiger partial charge in [0.15, 0.2) is 0 Å². The van der Waals surface area contributed by atoms with Gasteiger partial charge in [-0.3, -0.25) is 0 Å². The van der Waals surface area contributed by atoms with Crippen molar-refractivity contribution in [3.8, 4) is 45.7 Å². The number of nitrogens with zero attached hydrogens (tertiary/aromatic N) is 4. The van der Waals surface area contributed by atoms with E-state index in [-0.39, 0.29) is 0 Å². The Labute approximate surface area is 350 Å². The third kappa shape index (κ3) is 6.15. The molecular weight excluding hydrogens is 749 g/mol. The van der Waals surface area contributed by atoms with Crippen molar-refractivity contribution in [2.75, 3.05) is 9.80 Å². The SMILES string of the molecule is C[Si]1(C)c2ccc(N(c3ccc(C#N)cc3)c3ccccc3-c3ccccc3)cc2-c2oc3cc(N(c4ccc(C#N)cc4)c4ccccc4-c4ccccc4)ccc3c21. The van der Waals surface area contributed by atoms with Crippen molar-refractivity contribution in [2.24, 2.45) is 0 Å². The van der Waals surface area contributed by atoms with E-state index in [0.717, 1.165) is 78.7 Å². The Morgan fingerprint density at radius 1 is 0.450 bits per heavy atom. The van der Waals surface area contributed by atoms with Gasteiger partial charge in [-0.25, -0.2) is 0 Å². The number of anilines is 6. The van der Waals surface area contributed by atoms with Gasteiger partial charge >= 0.3 is 0 Å². The normalized spacial score (nSPS) is 12.3. The third-order valence-electron chi connectivity index (χ3n) is 11.7. The lowest BCUT2D eigenvalue weighted by Crippen LogP contribution is -2.49. The first kappa shape index (κ1) is 36.4. The first-order valence-corrected chi connectivity index (χ1v) is 23.0. The quantitative estimate of drug-likeness (QED) is 0.144. The lowest BCUT2D eigenvalue weighted by Gasteiger charge is -2.29. The molecular formula is C54H38N4OSi. The van der Waals surface area contributed by atoms with Gasteiger partial charge in [-0.15, -0.1) is 0 Å². The molecule has 1 aliphatic rings. The molecule has 6 heteroatoms. The zero-order chi connectivity index (χ0) is 40.8. The minimum absolute atomic E-state index is 0.611. The fourth-order valence-corrected chi connectivity index (χ4v) is 12.1. The van der Waals surface area contributed by atoms with E-state index in [1.807, 2.05) is 60.7 Å². The van der Waals surface area contributed by atoms with Crippen molar-refractivity contribution >= 4 is 63.5 Å². The Balaban J connectivity index is 1.13. The predicted octanol–water partition coefficient (Wildman–Crippen LogP) is 13.3. The van der Waals surface area contributed by atoms with E-state index in [0.29, 0.717) is 11.1 Å². The second-order valence-corrected chi connectivity index (χ2v) is 19.9. The topological polar surface area (TPSA) is 67.2 Å². The van der Waals surface area contributed by atoms with E-state index in [1.54, 1.807) is 0 Å². The summed E-state index contributed by atoms with van der Waals surface area (Å²) in [7, 11) is -2.21. The van der Waals surface area contributed by atoms with Crippen LogP contribution < -0.4 is 20.2 Å². The maximum absolute atomic E-state index is 9.66. The molecule has 1 aliphatic heterocycles. The van der Waals surface area contributed by atoms with Crippen LogP contribution in [0.4, 0.5) is 34.1 Å². The molecule has 0 N–H and O–H groups in total. The molecule has 5 nitrogen and oxygen atoms in total. The first-order valence-electron chi connectivity index (χ1n) is 20.0. The molecule has 9 aromatic rings. The number of para-hydroxylation sites is 2. The van der Waals surface area contributed by atoms with Crippen LogP contribution in [0.3, 0.4) is 0 Å². The van der Waals surface area contributed by atoms with E-state index >= 15 is 0 Å². The van der Waals surface area contributed by atoms with Gasteiger partial charge < -0.3 is 14.2 Å². The second-order valence-electron chi connectivity index (χ2n) is 15.6. The molecule has 0 amide bonds. The Morgan fingerprint density at radius 3 is 1.42 bits per heavy atom. The molecule has 8 aromatic carbocycles. The van der Waals surface area contributed by atoms with Gasteiger partial charge in [0.1, 0.15) is 19.4 Å². The van der Waals surface area contributed by atoms with Crippen LogP contribution in [0, 0.1) is 22.7 Å². The van der Waals surface area contributed by atoms with Crippen molar-refractivity contribution in [3.63, 3.8) is 0 Å². The average molecular weight is 787 g/mol. The summed E-state index contributed by atoms with van der Waals surface area (Å²) in [5.74, 6) is 0.932. The molecule has 0 saturated carbocycles. The highest BCUT2D eigenvalue weighted by molar-refractivity contribution is 7.05. The molecule has 60 heavy (non-hydrogen) atoms. The predicted molar refractivity (Wildman–Crippen MR) is 248 cm³/mol. The van der Waals surface area contributed by atoms with Crippen molar-refractivity contribution in [2.45, 2.75) is 13.1 Å². The Bertz CT molecular complexity index is 3140. The second kappa shape index (κ2) is 14.8. The van der Waals surface area contributed by atoms with Gasteiger partial charge in [0.25, 0.3) is 0 Å². The Hall–Kier alpha value is -7.90. The van der Waals surface area contributed by atoms with Gasteiger partial charge in [-0.05, 0) is 106 Å². The van der Waals surface area contributed by atoms with Crippen LogP contribution in [-0.2, 0) is 0 Å². The largest absolute Gasteiger partial charge is 0.456 e. The molecule has 284 valence electrons. The molecule has 0 unspecified atom stereocenters. The van der Waals surface area contributed by atoms with E-state index < -0.39 is 8.07 Å². The number of hydrogen-bond acceptors (Lipinski definition) is 5. The highest BCUT2D eigenvalue weighted by Gasteiger charge is 2.42. The van der Waals surface area contributed by atoms with E-state index in [2.05, 4.69) is 168 Å². The van der Waals surface area contributed by atoms with Gasteiger partial charge in [-0.1, -0.05) is 116 Å². The number of benzene rings is 8. The van der Waals surface area contributed by atoms with Gasteiger partial charge in [0, 0.05) is 50.9 Å². The summed E-state index contributed by atoms with van der Waals surface area (Å²) in [5.41, 5.74) is 13.6. The minimum Gasteiger partial charge on any atom is -0.456 e. The molecule has 2 heterocycles. The monoisotopic (exact) mass is 786 g/mol. The molecule has 0 spiro atoms. The van der Waals surface area contributed by atoms with E-state index in [9.17, 15) is 10.5 Å². The lowest BCUT2D eigenvalue weighted by molar-refractivity contribution is 0.635. The van der Waals surface area contributed by atoms with Crippen LogP contribution in [-0.4, -0.2) is 8.07 Å². The first-order chi connectivity index (χ1) is 29.4. The smallest absolute Gasteiger partial charge is 0.136 e. The van der Waals surface area contributed by atoms with Crippen LogP contribution in [0.1, 0.15) is 11.1 Å². The number of furan rings is 1. The fraction of sp³-hybridized carbons (Fsp3) is 0.0370. The van der Waals surface area contributed by atoms with Crippen molar-refractivity contribution in [1.29, 1.82) is 10.5 Å². The van der Waals surface area contributed by atoms with E-state index in [4.69, 9.17) is 4.42 Å². The number of nitriles is 2. The van der Waals surface area contributed by atoms with Crippen LogP contribution in [0.5, 0.6) is 0 Å². The Kier molecular flexibility index (Phi) is 8.99. The molecule has 0 saturated heterocycles. The summed E-state index contributed by atoms with van der Waals surface area (Å²) in [6.45, 7) is 4.84. The van der Waals surface area contributed by atoms with Crippen LogP contribution in [0.15, 0.2) is 199 Å². The van der Waals surface area contributed by atoms with Crippen molar-refractivity contribution in [1.82, 2.24) is 0 Å². The van der Waals surface area contributed by atoms with E-state index in [1.165, 1.54) is 10.4 Å². The number of fused-ring (bicyclic) bond motifs is 5. The molecule has 0 atom stereocenters. The van der Waals surface area contributed by atoms with Crippen LogP contribution in [0.25, 0.3) is 44.5 Å². The van der Waals surface area contributed by atoms with Gasteiger partial charge in [0.2, 0.25) is 0 Å². The standard InChI is InChI=1S/C54H38N4OSi/c1-60(2)52-32-30-43(57(41-25-21-37(35-55)22-26-41)49-19-11-9-17-45(49)39-13-5-3-6-14-39)33-48(52)53-54(60)47-31-29-44(34-51(47)59-53)58(42-27-23-38(36-56)24-28-42)50-20-12-10-18-46(50)40-15-7-4-8-16-40/h3-34H,1-2H3. The molecule has 1 aromatic heterocycles. The molecule has 10 rings (SSSR count). The molecule has 0 bridgehead atoms. The number of hydrogen-bond donors (Lipinski definition) is 0. The Morgan fingerprint density at radius 2 is 0.900 bits per heavy atom. The van der Waals surface area contributed by atoms with Crippen molar-refractivity contribution < 1.29 is 4.42 Å². The van der Waals surface area contributed by atoms with Crippen LogP contribution in [0.2, 0.25) is 13.1 Å². The summed E-state index contributed by atoms with van der Waals surface area (Å²) >= 11 is 0. The van der Waals surface area contributed by atoms with Gasteiger partial charge in [-0.2, -0.15) is 10.5 Å². The fourth-order valence-electron chi connectivity index (χ4n) is 8.86. The maximum atomic E-state index is 9.66. The minimum atomic E-state index is -2.21. The third-order valence-corrected chi connectivity index (χ3v) is 15.2. The zero-order valence-corrected chi connectivity index (χ0v) is 34.2. The van der Waals surface area contributed by atoms with Gasteiger partial charge in [0.05, 0.1) is 34.6 Å². The summed E-state index contributed by atoms with van der Waals surface area (Å²) < 4.78 is 7.07. The van der Waals surface area contributed by atoms with Crippen molar-refractivity contribution in [3.05, 3.63) is 205 Å². The lowest BCUT2D eigenvalue weighted by atomic mass is 10.0. The maximum Gasteiger partial charge on any atom is 0.136 e. The molecule has 0 radical (unpaired) electrons. The highest BCUT2D eigenvalue weighted by Crippen LogP contribution is 2.46. The number of rotatable bonds is 8. The van der Waals surface area contributed by atoms with Crippen LogP contribution >= 0.6 is 0 Å². The molecule has 0 aliphatic carbocycles. The average Bonchev–Trinajstić information content (AvgIpc) is 3.80. The highest BCUT2D eigenvalue weighted by atomic mass is 28.3.